The number of ether oxygens (including phenoxy) is 1. The molecule has 23 heavy (non-hydrogen) atoms. The third-order valence-corrected chi connectivity index (χ3v) is 3.39. The van der Waals surface area contributed by atoms with Gasteiger partial charge in [0.05, 0.1) is 19.8 Å². The Kier molecular flexibility index (Phi) is 6.00. The third-order valence-electron chi connectivity index (χ3n) is 3.39. The van der Waals surface area contributed by atoms with Crippen LogP contribution in [0.3, 0.4) is 0 Å². The number of aliphatic hydroxyl groups is 1. The van der Waals surface area contributed by atoms with Crippen molar-refractivity contribution in [2.24, 2.45) is 0 Å². The molecule has 5 heteroatoms. The van der Waals surface area contributed by atoms with Crippen LogP contribution in [0.1, 0.15) is 12.5 Å². The summed E-state index contributed by atoms with van der Waals surface area (Å²) in [6.45, 7) is 2.52. The van der Waals surface area contributed by atoms with Gasteiger partial charge in [-0.25, -0.2) is 0 Å². The van der Waals surface area contributed by atoms with Crippen molar-refractivity contribution in [3.63, 3.8) is 0 Å². The van der Waals surface area contributed by atoms with Crippen molar-refractivity contribution in [1.82, 2.24) is 0 Å². The number of rotatable bonds is 7. The third kappa shape index (κ3) is 4.72. The fourth-order valence-corrected chi connectivity index (χ4v) is 2.27. The highest BCUT2D eigenvalue weighted by molar-refractivity contribution is 5.94. The molecule has 2 aromatic carbocycles. The second-order valence-corrected chi connectivity index (χ2v) is 5.15. The van der Waals surface area contributed by atoms with E-state index in [-0.39, 0.29) is 19.1 Å². The van der Waals surface area contributed by atoms with Crippen molar-refractivity contribution in [3.8, 4) is 5.75 Å². The SMILES string of the molecule is CCOc1ccc(NC(=O)CN(C)c2ccccc2)cc1CO. The van der Waals surface area contributed by atoms with Crippen LogP contribution in [0.4, 0.5) is 11.4 Å². The number of benzene rings is 2. The summed E-state index contributed by atoms with van der Waals surface area (Å²) in [5.41, 5.74) is 2.27. The largest absolute Gasteiger partial charge is 0.494 e. The van der Waals surface area contributed by atoms with Gasteiger partial charge in [-0.3, -0.25) is 4.79 Å². The lowest BCUT2D eigenvalue weighted by Gasteiger charge is -2.19. The first-order chi connectivity index (χ1) is 11.1. The van der Waals surface area contributed by atoms with E-state index in [1.165, 1.54) is 0 Å². The Balaban J connectivity index is 2.00. The molecule has 2 rings (SSSR count). The Morgan fingerprint density at radius 3 is 2.61 bits per heavy atom. The van der Waals surface area contributed by atoms with Gasteiger partial charge in [0, 0.05) is 24.0 Å². The number of amides is 1. The molecule has 1 amide bonds. The van der Waals surface area contributed by atoms with E-state index in [0.29, 0.717) is 23.6 Å². The number of nitrogens with one attached hydrogen (secondary N) is 1. The average molecular weight is 314 g/mol. The number of anilines is 2. The lowest BCUT2D eigenvalue weighted by atomic mass is 10.2. The molecule has 0 aromatic heterocycles. The Labute approximate surface area is 136 Å². The maximum atomic E-state index is 12.2. The average Bonchev–Trinajstić information content (AvgIpc) is 2.57. The number of hydrogen-bond acceptors (Lipinski definition) is 4. The monoisotopic (exact) mass is 314 g/mol. The molecule has 0 heterocycles. The van der Waals surface area contributed by atoms with Gasteiger partial charge in [-0.1, -0.05) is 18.2 Å². The number of nitrogens with zero attached hydrogens (tertiary/aromatic N) is 1. The highest BCUT2D eigenvalue weighted by Gasteiger charge is 2.09. The van der Waals surface area contributed by atoms with E-state index in [1.807, 2.05) is 49.2 Å². The van der Waals surface area contributed by atoms with Crippen molar-refractivity contribution in [1.29, 1.82) is 0 Å². The van der Waals surface area contributed by atoms with Gasteiger partial charge in [-0.15, -0.1) is 0 Å². The van der Waals surface area contributed by atoms with Crippen molar-refractivity contribution < 1.29 is 14.6 Å². The molecule has 0 atom stereocenters. The van der Waals surface area contributed by atoms with Crippen molar-refractivity contribution >= 4 is 17.3 Å². The molecule has 2 N–H and O–H groups in total. The van der Waals surface area contributed by atoms with Gasteiger partial charge >= 0.3 is 0 Å². The summed E-state index contributed by atoms with van der Waals surface area (Å²) in [5.74, 6) is 0.513. The number of likely N-dealkylation sites (N-methyl/N-ethyl adjacent to an activating group) is 1. The summed E-state index contributed by atoms with van der Waals surface area (Å²) in [4.78, 5) is 14.0. The van der Waals surface area contributed by atoms with Crippen LogP contribution in [0.25, 0.3) is 0 Å². The van der Waals surface area contributed by atoms with Crippen molar-refractivity contribution in [2.75, 3.05) is 30.4 Å². The van der Waals surface area contributed by atoms with Gasteiger partial charge in [0.25, 0.3) is 0 Å². The lowest BCUT2D eigenvalue weighted by molar-refractivity contribution is -0.114. The van der Waals surface area contributed by atoms with Crippen LogP contribution < -0.4 is 15.0 Å². The van der Waals surface area contributed by atoms with Crippen LogP contribution in [-0.2, 0) is 11.4 Å². The summed E-state index contributed by atoms with van der Waals surface area (Å²) in [5, 5.41) is 12.2. The predicted octanol–water partition coefficient (Wildman–Crippen LogP) is 2.65. The summed E-state index contributed by atoms with van der Waals surface area (Å²) in [6, 6.07) is 15.0. The maximum Gasteiger partial charge on any atom is 0.243 e. The predicted molar refractivity (Wildman–Crippen MR) is 91.9 cm³/mol. The second kappa shape index (κ2) is 8.19. The molecule has 2 aromatic rings. The quantitative estimate of drug-likeness (QED) is 0.825. The molecule has 0 aliphatic heterocycles. The van der Waals surface area contributed by atoms with Crippen LogP contribution >= 0.6 is 0 Å². The Morgan fingerprint density at radius 1 is 1.22 bits per heavy atom. The molecule has 0 saturated carbocycles. The molecule has 0 fully saturated rings. The van der Waals surface area contributed by atoms with Gasteiger partial charge in [0.1, 0.15) is 5.75 Å². The molecule has 0 bridgehead atoms. The zero-order valence-corrected chi connectivity index (χ0v) is 13.5. The van der Waals surface area contributed by atoms with Gasteiger partial charge < -0.3 is 20.1 Å². The van der Waals surface area contributed by atoms with E-state index >= 15 is 0 Å². The first kappa shape index (κ1) is 16.8. The zero-order valence-electron chi connectivity index (χ0n) is 13.5. The van der Waals surface area contributed by atoms with E-state index < -0.39 is 0 Å². The molecule has 122 valence electrons. The minimum absolute atomic E-state index is 0.121. The van der Waals surface area contributed by atoms with E-state index in [0.717, 1.165) is 5.69 Å². The summed E-state index contributed by atoms with van der Waals surface area (Å²) < 4.78 is 5.43. The minimum atomic E-state index is -0.136. The van der Waals surface area contributed by atoms with Gasteiger partial charge in [0.2, 0.25) is 5.91 Å². The highest BCUT2D eigenvalue weighted by Crippen LogP contribution is 2.23. The molecule has 0 saturated heterocycles. The van der Waals surface area contributed by atoms with Gasteiger partial charge in [0.15, 0.2) is 0 Å². The Morgan fingerprint density at radius 2 is 1.96 bits per heavy atom. The second-order valence-electron chi connectivity index (χ2n) is 5.15. The molecule has 0 aliphatic rings. The fraction of sp³-hybridized carbons (Fsp3) is 0.278. The Bertz CT molecular complexity index is 644. The first-order valence-electron chi connectivity index (χ1n) is 7.56. The molecule has 0 aliphatic carbocycles. The zero-order chi connectivity index (χ0) is 16.7. The maximum absolute atomic E-state index is 12.2. The molecule has 0 spiro atoms. The van der Waals surface area contributed by atoms with Gasteiger partial charge in [-0.2, -0.15) is 0 Å². The molecular weight excluding hydrogens is 292 g/mol. The topological polar surface area (TPSA) is 61.8 Å². The molecular formula is C18H22N2O3. The standard InChI is InChI=1S/C18H22N2O3/c1-3-23-17-10-9-15(11-14(17)13-21)19-18(22)12-20(2)16-7-5-4-6-8-16/h4-11,21H,3,12-13H2,1-2H3,(H,19,22). The Hall–Kier alpha value is -2.53. The van der Waals surface area contributed by atoms with Crippen LogP contribution in [0.2, 0.25) is 0 Å². The summed E-state index contributed by atoms with van der Waals surface area (Å²) in [6.07, 6.45) is 0. The first-order valence-corrected chi connectivity index (χ1v) is 7.56. The number of para-hydroxylation sites is 1. The van der Waals surface area contributed by atoms with Crippen LogP contribution in [0, 0.1) is 0 Å². The van der Waals surface area contributed by atoms with Gasteiger partial charge in [-0.05, 0) is 37.3 Å². The normalized spacial score (nSPS) is 10.2. The van der Waals surface area contributed by atoms with Crippen LogP contribution in [0.15, 0.2) is 48.5 Å². The number of carbonyl (C=O) groups is 1. The molecule has 0 radical (unpaired) electrons. The van der Waals surface area contributed by atoms with Crippen molar-refractivity contribution in [3.05, 3.63) is 54.1 Å². The molecule has 0 unspecified atom stereocenters. The summed E-state index contributed by atoms with van der Waals surface area (Å²) in [7, 11) is 1.87. The fourth-order valence-electron chi connectivity index (χ4n) is 2.27. The highest BCUT2D eigenvalue weighted by atomic mass is 16.5. The van der Waals surface area contributed by atoms with E-state index in [9.17, 15) is 9.90 Å². The number of hydrogen-bond donors (Lipinski definition) is 2. The van der Waals surface area contributed by atoms with E-state index in [1.54, 1.807) is 18.2 Å². The van der Waals surface area contributed by atoms with Crippen molar-refractivity contribution in [2.45, 2.75) is 13.5 Å². The molecule has 5 nitrogen and oxygen atoms in total. The van der Waals surface area contributed by atoms with E-state index in [4.69, 9.17) is 4.74 Å². The smallest absolute Gasteiger partial charge is 0.243 e. The minimum Gasteiger partial charge on any atom is -0.494 e. The van der Waals surface area contributed by atoms with Crippen LogP contribution in [0.5, 0.6) is 5.75 Å². The summed E-state index contributed by atoms with van der Waals surface area (Å²) >= 11 is 0. The lowest BCUT2D eigenvalue weighted by Crippen LogP contribution is -2.30. The van der Waals surface area contributed by atoms with Crippen LogP contribution in [-0.4, -0.2) is 31.2 Å². The number of aliphatic hydroxyl groups excluding tert-OH is 1. The number of carbonyl (C=O) groups excluding carboxylic acids is 1. The van der Waals surface area contributed by atoms with E-state index in [2.05, 4.69) is 5.32 Å².